The van der Waals surface area contributed by atoms with E-state index in [1.807, 2.05) is 37.3 Å². The molecule has 2 aromatic carbocycles. The number of benzene rings is 2. The van der Waals surface area contributed by atoms with Gasteiger partial charge in [-0.05, 0) is 88.6 Å². The number of hydrogen-bond donors (Lipinski definition) is 1. The summed E-state index contributed by atoms with van der Waals surface area (Å²) in [6.45, 7) is 6.13. The average molecular weight is 636 g/mol. The van der Waals surface area contributed by atoms with Crippen LogP contribution in [0.25, 0.3) is 22.3 Å². The number of hydrogen-bond acceptors (Lipinski definition) is 5. The van der Waals surface area contributed by atoms with Crippen molar-refractivity contribution < 1.29 is 18.0 Å². The van der Waals surface area contributed by atoms with E-state index in [0.717, 1.165) is 56.7 Å². The van der Waals surface area contributed by atoms with Gasteiger partial charge in [0, 0.05) is 23.7 Å². The molecule has 0 radical (unpaired) electrons. The molecule has 0 saturated carbocycles. The van der Waals surface area contributed by atoms with Gasteiger partial charge in [0.15, 0.2) is 0 Å². The highest BCUT2D eigenvalue weighted by atomic mass is 35.5. The number of carbonyl (C=O) groups excluding carboxylic acids is 1. The summed E-state index contributed by atoms with van der Waals surface area (Å²) >= 11 is 6.35. The summed E-state index contributed by atoms with van der Waals surface area (Å²) in [5, 5.41) is 3.31. The van der Waals surface area contributed by atoms with Crippen LogP contribution in [0.1, 0.15) is 72.1 Å². The highest BCUT2D eigenvalue weighted by molar-refractivity contribution is 6.30. The molecule has 1 unspecified atom stereocenters. The molecule has 0 spiro atoms. The van der Waals surface area contributed by atoms with Gasteiger partial charge in [-0.1, -0.05) is 60.5 Å². The van der Waals surface area contributed by atoms with Crippen LogP contribution in [0, 0.1) is 0 Å². The zero-order valence-corrected chi connectivity index (χ0v) is 26.0. The SMILES string of the molecule is CC(NC(=O)c1c(CN2CCC(N3CCCCC3)CC2)c(-c2cccc(C(F)(F)F)c2)nc2ccc(Cl)nc12)c1ccccc1. The molecule has 2 aliphatic heterocycles. The van der Waals surface area contributed by atoms with Gasteiger partial charge in [0.1, 0.15) is 10.7 Å². The highest BCUT2D eigenvalue weighted by Crippen LogP contribution is 2.36. The minimum absolute atomic E-state index is 0.203. The van der Waals surface area contributed by atoms with Gasteiger partial charge in [-0.2, -0.15) is 13.2 Å². The van der Waals surface area contributed by atoms with Gasteiger partial charge < -0.3 is 10.2 Å². The largest absolute Gasteiger partial charge is 0.416 e. The molecule has 0 aliphatic carbocycles. The van der Waals surface area contributed by atoms with Crippen LogP contribution in [-0.4, -0.2) is 57.9 Å². The van der Waals surface area contributed by atoms with E-state index in [0.29, 0.717) is 40.4 Å². The maximum Gasteiger partial charge on any atom is 0.416 e. The van der Waals surface area contributed by atoms with Crippen LogP contribution in [0.2, 0.25) is 5.15 Å². The van der Waals surface area contributed by atoms with E-state index in [1.54, 1.807) is 18.2 Å². The molecular formula is C35H37ClF3N5O. The minimum atomic E-state index is -4.52. The minimum Gasteiger partial charge on any atom is -0.345 e. The van der Waals surface area contributed by atoms with Crippen molar-refractivity contribution in [3.8, 4) is 11.3 Å². The Hall–Kier alpha value is -3.53. The number of pyridine rings is 2. The lowest BCUT2D eigenvalue weighted by atomic mass is 9.94. The average Bonchev–Trinajstić information content (AvgIpc) is 3.05. The Morgan fingerprint density at radius 2 is 1.69 bits per heavy atom. The predicted molar refractivity (Wildman–Crippen MR) is 171 cm³/mol. The molecule has 2 aliphatic rings. The first kappa shape index (κ1) is 31.5. The lowest BCUT2D eigenvalue weighted by molar-refractivity contribution is -0.137. The summed E-state index contributed by atoms with van der Waals surface area (Å²) in [6, 6.07) is 18.2. The summed E-state index contributed by atoms with van der Waals surface area (Å²) in [7, 11) is 0. The van der Waals surface area contributed by atoms with Gasteiger partial charge in [-0.15, -0.1) is 0 Å². The Balaban J connectivity index is 1.43. The third kappa shape index (κ3) is 7.16. The molecule has 1 atom stereocenters. The topological polar surface area (TPSA) is 61.4 Å². The molecule has 10 heteroatoms. The lowest BCUT2D eigenvalue weighted by Gasteiger charge is -2.40. The molecule has 6 nitrogen and oxygen atoms in total. The van der Waals surface area contributed by atoms with Crippen LogP contribution >= 0.6 is 11.6 Å². The number of nitrogens with zero attached hydrogens (tertiary/aromatic N) is 4. The van der Waals surface area contributed by atoms with Crippen molar-refractivity contribution in [3.05, 3.63) is 94.1 Å². The summed E-state index contributed by atoms with van der Waals surface area (Å²) in [5.74, 6) is -0.375. The van der Waals surface area contributed by atoms with Crippen molar-refractivity contribution in [3.63, 3.8) is 0 Å². The Kier molecular flexibility index (Phi) is 9.40. The van der Waals surface area contributed by atoms with Crippen LogP contribution in [0.4, 0.5) is 13.2 Å². The summed E-state index contributed by atoms with van der Waals surface area (Å²) in [4.78, 5) is 28.5. The molecular weight excluding hydrogens is 599 g/mol. The van der Waals surface area contributed by atoms with E-state index in [9.17, 15) is 18.0 Å². The zero-order chi connectivity index (χ0) is 31.6. The second-order valence-corrected chi connectivity index (χ2v) is 12.5. The fraction of sp³-hybridized carbons (Fsp3) is 0.400. The number of rotatable bonds is 7. The predicted octanol–water partition coefficient (Wildman–Crippen LogP) is 7.91. The summed E-state index contributed by atoms with van der Waals surface area (Å²) < 4.78 is 41.5. The van der Waals surface area contributed by atoms with Gasteiger partial charge in [-0.3, -0.25) is 9.69 Å². The van der Waals surface area contributed by atoms with Crippen LogP contribution in [-0.2, 0) is 12.7 Å². The lowest BCUT2D eigenvalue weighted by Crippen LogP contribution is -2.46. The Morgan fingerprint density at radius 1 is 0.956 bits per heavy atom. The maximum atomic E-state index is 14.3. The van der Waals surface area contributed by atoms with Crippen molar-refractivity contribution in [2.24, 2.45) is 0 Å². The molecule has 2 saturated heterocycles. The molecule has 1 amide bonds. The molecule has 6 rings (SSSR count). The van der Waals surface area contributed by atoms with Gasteiger partial charge >= 0.3 is 6.18 Å². The zero-order valence-electron chi connectivity index (χ0n) is 25.3. The number of alkyl halides is 3. The maximum absolute atomic E-state index is 14.3. The number of piperidine rings is 2. The third-order valence-corrected chi connectivity index (χ3v) is 9.29. The first-order chi connectivity index (χ1) is 21.7. The fourth-order valence-electron chi connectivity index (χ4n) is 6.68. The highest BCUT2D eigenvalue weighted by Gasteiger charge is 2.33. The Bertz CT molecular complexity index is 1650. The number of amides is 1. The monoisotopic (exact) mass is 635 g/mol. The number of nitrogens with one attached hydrogen (secondary N) is 1. The first-order valence-corrected chi connectivity index (χ1v) is 16.0. The van der Waals surface area contributed by atoms with E-state index >= 15 is 0 Å². The standard InChI is InChI=1S/C35H37ClF3N5O/c1-23(24-9-4-2-5-10-24)40-34(45)31-28(22-43-19-15-27(16-20-43)44-17-6-3-7-18-44)32(41-29-13-14-30(36)42-33(29)31)25-11-8-12-26(21-25)35(37,38)39/h2,4-5,8-14,21,23,27H,3,6-7,15-20,22H2,1H3,(H,40,45). The molecule has 2 aromatic heterocycles. The summed E-state index contributed by atoms with van der Waals surface area (Å²) in [5.41, 5.74) is 2.34. The van der Waals surface area contributed by atoms with Crippen LogP contribution in [0.15, 0.2) is 66.7 Å². The molecule has 0 bridgehead atoms. The molecule has 236 valence electrons. The van der Waals surface area contributed by atoms with Crippen LogP contribution < -0.4 is 5.32 Å². The Morgan fingerprint density at radius 3 is 2.40 bits per heavy atom. The second kappa shape index (κ2) is 13.4. The molecule has 4 heterocycles. The second-order valence-electron chi connectivity index (χ2n) is 12.1. The number of carbonyl (C=O) groups is 1. The molecule has 45 heavy (non-hydrogen) atoms. The van der Waals surface area contributed by atoms with Crippen molar-refractivity contribution >= 4 is 28.5 Å². The van der Waals surface area contributed by atoms with Crippen molar-refractivity contribution in [2.75, 3.05) is 26.2 Å². The van der Waals surface area contributed by atoms with E-state index < -0.39 is 11.7 Å². The van der Waals surface area contributed by atoms with Gasteiger partial charge in [0.25, 0.3) is 5.91 Å². The number of halogens is 4. The molecule has 2 fully saturated rings. The first-order valence-electron chi connectivity index (χ1n) is 15.7. The van der Waals surface area contributed by atoms with Gasteiger partial charge in [0.2, 0.25) is 0 Å². The molecule has 1 N–H and O–H groups in total. The number of aromatic nitrogens is 2. The number of likely N-dealkylation sites (tertiary alicyclic amines) is 2. The van der Waals surface area contributed by atoms with Crippen molar-refractivity contribution in [1.29, 1.82) is 0 Å². The van der Waals surface area contributed by atoms with Gasteiger partial charge in [-0.25, -0.2) is 9.97 Å². The van der Waals surface area contributed by atoms with Gasteiger partial charge in [0.05, 0.1) is 28.4 Å². The van der Waals surface area contributed by atoms with E-state index in [1.165, 1.54) is 25.3 Å². The fourth-order valence-corrected chi connectivity index (χ4v) is 6.82. The normalized spacial score (nSPS) is 17.8. The summed E-state index contributed by atoms with van der Waals surface area (Å²) in [6.07, 6.45) is 1.22. The van der Waals surface area contributed by atoms with E-state index in [-0.39, 0.29) is 22.7 Å². The number of fused-ring (bicyclic) bond motifs is 1. The quantitative estimate of drug-likeness (QED) is 0.209. The Labute approximate surface area is 266 Å². The smallest absolute Gasteiger partial charge is 0.345 e. The van der Waals surface area contributed by atoms with Crippen molar-refractivity contribution in [2.45, 2.75) is 63.8 Å². The van der Waals surface area contributed by atoms with Crippen LogP contribution in [0.5, 0.6) is 0 Å². The van der Waals surface area contributed by atoms with Crippen molar-refractivity contribution in [1.82, 2.24) is 25.1 Å². The van der Waals surface area contributed by atoms with E-state index in [4.69, 9.17) is 16.6 Å². The third-order valence-electron chi connectivity index (χ3n) is 9.08. The van der Waals surface area contributed by atoms with E-state index in [2.05, 4.69) is 20.1 Å². The van der Waals surface area contributed by atoms with Crippen LogP contribution in [0.3, 0.4) is 0 Å². The molecule has 4 aromatic rings.